The fourth-order valence-corrected chi connectivity index (χ4v) is 2.82. The number of halogens is 3. The number of aromatic nitrogens is 1. The highest BCUT2D eigenvalue weighted by Crippen LogP contribution is 2.34. The molecular formula is C15H12F3NO2S. The van der Waals surface area contributed by atoms with Crippen LogP contribution >= 0.6 is 11.8 Å². The maximum atomic E-state index is 14.0. The largest absolute Gasteiger partial charge is 0.478 e. The third-order valence-corrected chi connectivity index (χ3v) is 4.00. The number of aromatic carboxylic acids is 1. The molecule has 7 heteroatoms. The first kappa shape index (κ1) is 16.4. The van der Waals surface area contributed by atoms with Gasteiger partial charge in [-0.15, -0.1) is 11.8 Å². The highest BCUT2D eigenvalue weighted by molar-refractivity contribution is 7.99. The number of hydrogen-bond acceptors (Lipinski definition) is 3. The van der Waals surface area contributed by atoms with Gasteiger partial charge in [-0.3, -0.25) is 4.98 Å². The van der Waals surface area contributed by atoms with Crippen molar-refractivity contribution in [2.75, 3.05) is 5.75 Å². The Hall–Kier alpha value is -2.02. The molecular weight excluding hydrogens is 315 g/mol. The molecule has 0 aliphatic carbocycles. The molecule has 2 aromatic rings. The quantitative estimate of drug-likeness (QED) is 0.808. The minimum absolute atomic E-state index is 0.0103. The van der Waals surface area contributed by atoms with Gasteiger partial charge < -0.3 is 5.11 Å². The minimum Gasteiger partial charge on any atom is -0.478 e. The molecule has 0 fully saturated rings. The molecule has 0 aliphatic heterocycles. The number of rotatable bonds is 6. The standard InChI is InChI=1S/C15H12F3NO2S/c16-11-3-1-10(2-4-11)15(17,18)6-8-22-13-9-19-7-5-12(13)14(20)21/h1-5,7,9H,6,8H2,(H,20,21). The van der Waals surface area contributed by atoms with Crippen molar-refractivity contribution in [3.8, 4) is 0 Å². The van der Waals surface area contributed by atoms with Crippen molar-refractivity contribution in [1.82, 2.24) is 4.98 Å². The Morgan fingerprint density at radius 2 is 1.91 bits per heavy atom. The summed E-state index contributed by atoms with van der Waals surface area (Å²) in [4.78, 5) is 15.1. The summed E-state index contributed by atoms with van der Waals surface area (Å²) in [6, 6.07) is 5.39. The van der Waals surface area contributed by atoms with Crippen LogP contribution in [0.25, 0.3) is 0 Å². The number of benzene rings is 1. The van der Waals surface area contributed by atoms with Gasteiger partial charge in [-0.2, -0.15) is 0 Å². The molecule has 0 radical (unpaired) electrons. The first-order chi connectivity index (χ1) is 10.4. The van der Waals surface area contributed by atoms with Crippen LogP contribution in [0.4, 0.5) is 13.2 Å². The fourth-order valence-electron chi connectivity index (χ4n) is 1.80. The number of hydrogen-bond donors (Lipinski definition) is 1. The molecule has 0 bridgehead atoms. The Bertz CT molecular complexity index is 662. The number of thioether (sulfide) groups is 1. The summed E-state index contributed by atoms with van der Waals surface area (Å²) in [7, 11) is 0. The molecule has 1 aromatic carbocycles. The second-order valence-corrected chi connectivity index (χ2v) is 5.62. The zero-order valence-electron chi connectivity index (χ0n) is 11.3. The molecule has 0 spiro atoms. The van der Waals surface area contributed by atoms with Crippen molar-refractivity contribution in [2.45, 2.75) is 17.2 Å². The van der Waals surface area contributed by atoms with E-state index in [9.17, 15) is 18.0 Å². The number of pyridine rings is 1. The Morgan fingerprint density at radius 3 is 2.55 bits per heavy atom. The van der Waals surface area contributed by atoms with E-state index in [0.29, 0.717) is 4.90 Å². The summed E-state index contributed by atoms with van der Waals surface area (Å²) >= 11 is 1.00. The van der Waals surface area contributed by atoms with Crippen LogP contribution in [0.3, 0.4) is 0 Å². The Balaban J connectivity index is 2.01. The van der Waals surface area contributed by atoms with Crippen LogP contribution < -0.4 is 0 Å². The lowest BCUT2D eigenvalue weighted by atomic mass is 10.1. The summed E-state index contributed by atoms with van der Waals surface area (Å²) < 4.78 is 40.7. The van der Waals surface area contributed by atoms with Gasteiger partial charge in [0.1, 0.15) is 5.82 Å². The molecule has 116 valence electrons. The topological polar surface area (TPSA) is 50.2 Å². The summed E-state index contributed by atoms with van der Waals surface area (Å²) in [5, 5.41) is 9.00. The molecule has 0 amide bonds. The summed E-state index contributed by atoms with van der Waals surface area (Å²) in [5.41, 5.74) is -0.232. The number of alkyl halides is 2. The van der Waals surface area contributed by atoms with Crippen LogP contribution in [-0.2, 0) is 5.92 Å². The molecule has 0 aliphatic rings. The Labute approximate surface area is 129 Å². The average Bonchev–Trinajstić information content (AvgIpc) is 2.48. The highest BCUT2D eigenvalue weighted by Gasteiger charge is 2.31. The lowest BCUT2D eigenvalue weighted by Crippen LogP contribution is -2.14. The van der Waals surface area contributed by atoms with Gasteiger partial charge >= 0.3 is 5.97 Å². The van der Waals surface area contributed by atoms with Gasteiger partial charge in [-0.25, -0.2) is 18.0 Å². The van der Waals surface area contributed by atoms with Crippen molar-refractivity contribution >= 4 is 17.7 Å². The van der Waals surface area contributed by atoms with Gasteiger partial charge in [0, 0.05) is 35.0 Å². The van der Waals surface area contributed by atoms with Crippen molar-refractivity contribution in [3.05, 3.63) is 59.7 Å². The summed E-state index contributed by atoms with van der Waals surface area (Å²) in [6.45, 7) is 0. The average molecular weight is 327 g/mol. The third-order valence-electron chi connectivity index (χ3n) is 2.96. The van der Waals surface area contributed by atoms with Gasteiger partial charge in [0.25, 0.3) is 5.92 Å². The number of carbonyl (C=O) groups is 1. The molecule has 3 nitrogen and oxygen atoms in total. The predicted molar refractivity (Wildman–Crippen MR) is 76.8 cm³/mol. The van der Waals surface area contributed by atoms with E-state index in [1.807, 2.05) is 0 Å². The monoisotopic (exact) mass is 327 g/mol. The molecule has 0 unspecified atom stereocenters. The van der Waals surface area contributed by atoms with Gasteiger partial charge in [-0.05, 0) is 18.2 Å². The van der Waals surface area contributed by atoms with Gasteiger partial charge in [-0.1, -0.05) is 12.1 Å². The van der Waals surface area contributed by atoms with Gasteiger partial charge in [0.2, 0.25) is 0 Å². The van der Waals surface area contributed by atoms with E-state index >= 15 is 0 Å². The van der Waals surface area contributed by atoms with Crippen molar-refractivity contribution < 1.29 is 23.1 Å². The van der Waals surface area contributed by atoms with E-state index in [1.54, 1.807) is 0 Å². The molecule has 0 atom stereocenters. The van der Waals surface area contributed by atoms with Crippen LogP contribution in [0.15, 0.2) is 47.6 Å². The lowest BCUT2D eigenvalue weighted by molar-refractivity contribution is -0.00706. The van der Waals surface area contributed by atoms with Crippen LogP contribution in [-0.4, -0.2) is 21.8 Å². The predicted octanol–water partition coefficient (Wildman–Crippen LogP) is 4.19. The number of carboxylic acids is 1. The molecule has 22 heavy (non-hydrogen) atoms. The zero-order valence-corrected chi connectivity index (χ0v) is 12.1. The lowest BCUT2D eigenvalue weighted by Gasteiger charge is -2.16. The summed E-state index contributed by atoms with van der Waals surface area (Å²) in [6.07, 6.45) is 2.18. The van der Waals surface area contributed by atoms with Crippen molar-refractivity contribution in [1.29, 1.82) is 0 Å². The minimum atomic E-state index is -3.10. The van der Waals surface area contributed by atoms with Gasteiger partial charge in [0.15, 0.2) is 0 Å². The molecule has 0 saturated heterocycles. The number of carboxylic acid groups (broad SMARTS) is 1. The van der Waals surface area contributed by atoms with E-state index in [2.05, 4.69) is 4.98 Å². The molecule has 1 heterocycles. The van der Waals surface area contributed by atoms with Crippen LogP contribution in [0.1, 0.15) is 22.3 Å². The van der Waals surface area contributed by atoms with Crippen molar-refractivity contribution in [2.24, 2.45) is 0 Å². The second-order valence-electron chi connectivity index (χ2n) is 4.49. The van der Waals surface area contributed by atoms with E-state index in [0.717, 1.165) is 36.0 Å². The van der Waals surface area contributed by atoms with E-state index in [4.69, 9.17) is 5.11 Å². The van der Waals surface area contributed by atoms with E-state index in [-0.39, 0.29) is 16.9 Å². The van der Waals surface area contributed by atoms with E-state index < -0.39 is 24.1 Å². The number of nitrogens with zero attached hydrogens (tertiary/aromatic N) is 1. The zero-order chi connectivity index (χ0) is 16.2. The van der Waals surface area contributed by atoms with Crippen LogP contribution in [0.5, 0.6) is 0 Å². The smallest absolute Gasteiger partial charge is 0.336 e. The van der Waals surface area contributed by atoms with Crippen molar-refractivity contribution in [3.63, 3.8) is 0 Å². The molecule has 2 rings (SSSR count). The van der Waals surface area contributed by atoms with Gasteiger partial charge in [0.05, 0.1) is 5.56 Å². The third kappa shape index (κ3) is 4.00. The molecule has 1 aromatic heterocycles. The van der Waals surface area contributed by atoms with Crippen LogP contribution in [0, 0.1) is 5.82 Å². The normalized spacial score (nSPS) is 11.4. The maximum absolute atomic E-state index is 14.0. The van der Waals surface area contributed by atoms with E-state index in [1.165, 1.54) is 18.5 Å². The Kier molecular flexibility index (Phi) is 5.07. The van der Waals surface area contributed by atoms with Crippen LogP contribution in [0.2, 0.25) is 0 Å². The molecule has 1 N–H and O–H groups in total. The highest BCUT2D eigenvalue weighted by atomic mass is 32.2. The maximum Gasteiger partial charge on any atom is 0.336 e. The Morgan fingerprint density at radius 1 is 1.23 bits per heavy atom. The fraction of sp³-hybridized carbons (Fsp3) is 0.200. The second kappa shape index (κ2) is 6.83. The first-order valence-electron chi connectivity index (χ1n) is 6.34. The summed E-state index contributed by atoms with van der Waals surface area (Å²) in [5.74, 6) is -4.80. The first-order valence-corrected chi connectivity index (χ1v) is 7.33. The molecule has 0 saturated carbocycles. The SMILES string of the molecule is O=C(O)c1ccncc1SCCC(F)(F)c1ccc(F)cc1.